The Morgan fingerprint density at radius 2 is 1.95 bits per heavy atom. The van der Waals surface area contributed by atoms with Crippen molar-refractivity contribution in [2.75, 3.05) is 0 Å². The molecular formula is C15H13BClNO. The predicted molar refractivity (Wildman–Crippen MR) is 79.6 cm³/mol. The molecule has 2 nitrogen and oxygen atoms in total. The van der Waals surface area contributed by atoms with Gasteiger partial charge in [-0.1, -0.05) is 53.5 Å². The van der Waals surface area contributed by atoms with Crippen LogP contribution in [0.25, 0.3) is 0 Å². The second-order valence-electron chi connectivity index (χ2n) is 4.93. The number of carbonyl (C=O) groups excluding carboxylic acids is 1. The molecule has 0 aromatic heterocycles. The standard InChI is InChI=1S/C15H13BClNO/c16-12-6-11-9-18(8-10-4-2-1-3-5-10)15(19)14(11)13(17)7-12/h1-7H,8-9,16H2. The SMILES string of the molecule is Bc1cc(Cl)c2c(c1)CN(Cc1ccccc1)C2=O. The first-order valence-electron chi connectivity index (χ1n) is 6.27. The number of benzene rings is 2. The van der Waals surface area contributed by atoms with E-state index in [4.69, 9.17) is 11.6 Å². The quantitative estimate of drug-likeness (QED) is 0.761. The summed E-state index contributed by atoms with van der Waals surface area (Å²) in [5.41, 5.74) is 3.93. The zero-order valence-corrected chi connectivity index (χ0v) is 11.4. The van der Waals surface area contributed by atoms with Gasteiger partial charge in [0.05, 0.1) is 10.6 Å². The Labute approximate surface area is 118 Å². The van der Waals surface area contributed by atoms with Gasteiger partial charge in [-0.25, -0.2) is 0 Å². The summed E-state index contributed by atoms with van der Waals surface area (Å²) in [7, 11) is 2.00. The summed E-state index contributed by atoms with van der Waals surface area (Å²) in [4.78, 5) is 14.2. The number of rotatable bonds is 2. The highest BCUT2D eigenvalue weighted by Gasteiger charge is 2.29. The lowest BCUT2D eigenvalue weighted by molar-refractivity contribution is 0.0767. The Bertz CT molecular complexity index is 642. The summed E-state index contributed by atoms with van der Waals surface area (Å²) < 4.78 is 0. The number of halogens is 1. The van der Waals surface area contributed by atoms with E-state index in [0.29, 0.717) is 23.7 Å². The van der Waals surface area contributed by atoms with Crippen LogP contribution >= 0.6 is 11.6 Å². The van der Waals surface area contributed by atoms with E-state index in [0.717, 1.165) is 16.6 Å². The van der Waals surface area contributed by atoms with E-state index in [-0.39, 0.29) is 5.91 Å². The van der Waals surface area contributed by atoms with Gasteiger partial charge >= 0.3 is 0 Å². The van der Waals surface area contributed by atoms with Gasteiger partial charge in [0.1, 0.15) is 7.85 Å². The molecule has 2 aromatic rings. The van der Waals surface area contributed by atoms with Crippen molar-refractivity contribution in [1.82, 2.24) is 4.90 Å². The minimum atomic E-state index is 0.0313. The van der Waals surface area contributed by atoms with Gasteiger partial charge in [0.15, 0.2) is 0 Å². The lowest BCUT2D eigenvalue weighted by Crippen LogP contribution is -2.23. The molecule has 1 heterocycles. The molecule has 2 aromatic carbocycles. The van der Waals surface area contributed by atoms with Gasteiger partial charge in [0, 0.05) is 13.1 Å². The minimum Gasteiger partial charge on any atom is -0.330 e. The summed E-state index contributed by atoms with van der Waals surface area (Å²) in [6.07, 6.45) is 0. The molecule has 0 aliphatic carbocycles. The molecule has 0 bridgehead atoms. The average molecular weight is 270 g/mol. The predicted octanol–water partition coefficient (Wildman–Crippen LogP) is 1.75. The van der Waals surface area contributed by atoms with Crippen LogP contribution in [0.4, 0.5) is 0 Å². The Morgan fingerprint density at radius 3 is 2.68 bits per heavy atom. The fourth-order valence-electron chi connectivity index (χ4n) is 2.55. The molecule has 94 valence electrons. The molecule has 1 aliphatic heterocycles. The molecule has 0 saturated heterocycles. The number of amides is 1. The topological polar surface area (TPSA) is 20.3 Å². The van der Waals surface area contributed by atoms with Crippen LogP contribution in [0.5, 0.6) is 0 Å². The van der Waals surface area contributed by atoms with E-state index in [1.165, 1.54) is 0 Å². The molecular weight excluding hydrogens is 256 g/mol. The second-order valence-corrected chi connectivity index (χ2v) is 5.33. The maximum Gasteiger partial charge on any atom is 0.256 e. The normalized spacial score (nSPS) is 13.7. The third-order valence-corrected chi connectivity index (χ3v) is 3.69. The van der Waals surface area contributed by atoms with E-state index in [1.54, 1.807) is 0 Å². The molecule has 0 radical (unpaired) electrons. The van der Waals surface area contributed by atoms with Crippen LogP contribution in [0.3, 0.4) is 0 Å². The number of carbonyl (C=O) groups is 1. The van der Waals surface area contributed by atoms with E-state index in [9.17, 15) is 4.79 Å². The summed E-state index contributed by atoms with van der Waals surface area (Å²) in [6, 6.07) is 13.9. The maximum atomic E-state index is 12.4. The van der Waals surface area contributed by atoms with Crippen LogP contribution in [0.15, 0.2) is 42.5 Å². The number of hydrogen-bond donors (Lipinski definition) is 0. The molecule has 0 unspecified atom stereocenters. The molecule has 0 saturated carbocycles. The average Bonchev–Trinajstić information content (AvgIpc) is 2.67. The maximum absolute atomic E-state index is 12.4. The first kappa shape index (κ1) is 12.3. The molecule has 0 atom stereocenters. The van der Waals surface area contributed by atoms with E-state index >= 15 is 0 Å². The Kier molecular flexibility index (Phi) is 3.07. The van der Waals surface area contributed by atoms with E-state index in [1.807, 2.05) is 55.2 Å². The molecule has 0 N–H and O–H groups in total. The van der Waals surface area contributed by atoms with Gasteiger partial charge in [0.25, 0.3) is 5.91 Å². The Hall–Kier alpha value is -1.74. The van der Waals surface area contributed by atoms with Gasteiger partial charge in [-0.15, -0.1) is 0 Å². The fourth-order valence-corrected chi connectivity index (χ4v) is 2.92. The van der Waals surface area contributed by atoms with E-state index < -0.39 is 0 Å². The molecule has 1 amide bonds. The lowest BCUT2D eigenvalue weighted by Gasteiger charge is -2.15. The Balaban J connectivity index is 1.89. The highest BCUT2D eigenvalue weighted by Crippen LogP contribution is 2.29. The number of nitrogens with zero attached hydrogens (tertiary/aromatic N) is 1. The van der Waals surface area contributed by atoms with Crippen LogP contribution < -0.4 is 5.46 Å². The minimum absolute atomic E-state index is 0.0313. The largest absolute Gasteiger partial charge is 0.330 e. The first-order chi connectivity index (χ1) is 9.15. The summed E-state index contributed by atoms with van der Waals surface area (Å²) in [5.74, 6) is 0.0313. The zero-order chi connectivity index (χ0) is 13.4. The monoisotopic (exact) mass is 269 g/mol. The highest BCUT2D eigenvalue weighted by atomic mass is 35.5. The molecule has 1 aliphatic rings. The van der Waals surface area contributed by atoms with Crippen molar-refractivity contribution >= 4 is 30.8 Å². The summed E-state index contributed by atoms with van der Waals surface area (Å²) in [5, 5.41) is 0.565. The van der Waals surface area contributed by atoms with Crippen molar-refractivity contribution in [3.8, 4) is 0 Å². The van der Waals surface area contributed by atoms with Crippen molar-refractivity contribution in [2.45, 2.75) is 13.1 Å². The zero-order valence-electron chi connectivity index (χ0n) is 10.7. The molecule has 0 fully saturated rings. The lowest BCUT2D eigenvalue weighted by atomic mass is 9.93. The first-order valence-corrected chi connectivity index (χ1v) is 6.65. The van der Waals surface area contributed by atoms with Crippen molar-refractivity contribution in [2.24, 2.45) is 0 Å². The number of hydrogen-bond acceptors (Lipinski definition) is 1. The summed E-state index contributed by atoms with van der Waals surface area (Å²) in [6.45, 7) is 1.27. The van der Waals surface area contributed by atoms with Gasteiger partial charge in [0.2, 0.25) is 0 Å². The summed E-state index contributed by atoms with van der Waals surface area (Å²) >= 11 is 6.19. The highest BCUT2D eigenvalue weighted by molar-refractivity contribution is 6.38. The van der Waals surface area contributed by atoms with Gasteiger partial charge in [-0.3, -0.25) is 4.79 Å². The van der Waals surface area contributed by atoms with Crippen LogP contribution in [-0.2, 0) is 13.1 Å². The van der Waals surface area contributed by atoms with Crippen LogP contribution in [-0.4, -0.2) is 18.7 Å². The van der Waals surface area contributed by atoms with Crippen molar-refractivity contribution < 1.29 is 4.79 Å². The molecule has 0 spiro atoms. The van der Waals surface area contributed by atoms with Gasteiger partial charge in [-0.05, 0) is 17.2 Å². The van der Waals surface area contributed by atoms with Crippen LogP contribution in [0.2, 0.25) is 5.02 Å². The van der Waals surface area contributed by atoms with Crippen molar-refractivity contribution in [1.29, 1.82) is 0 Å². The fraction of sp³-hybridized carbons (Fsp3) is 0.133. The third-order valence-electron chi connectivity index (χ3n) is 3.39. The van der Waals surface area contributed by atoms with Crippen molar-refractivity contribution in [3.05, 3.63) is 64.2 Å². The number of fused-ring (bicyclic) bond motifs is 1. The molecule has 3 rings (SSSR count). The molecule has 4 heteroatoms. The second kappa shape index (κ2) is 4.74. The smallest absolute Gasteiger partial charge is 0.256 e. The van der Waals surface area contributed by atoms with Crippen molar-refractivity contribution in [3.63, 3.8) is 0 Å². The van der Waals surface area contributed by atoms with Crippen LogP contribution in [0, 0.1) is 0 Å². The van der Waals surface area contributed by atoms with Gasteiger partial charge < -0.3 is 4.90 Å². The van der Waals surface area contributed by atoms with E-state index in [2.05, 4.69) is 0 Å². The molecule has 19 heavy (non-hydrogen) atoms. The Morgan fingerprint density at radius 1 is 1.21 bits per heavy atom. The third kappa shape index (κ3) is 2.26. The van der Waals surface area contributed by atoms with Crippen LogP contribution in [0.1, 0.15) is 21.5 Å². The van der Waals surface area contributed by atoms with Gasteiger partial charge in [-0.2, -0.15) is 0 Å².